The van der Waals surface area contributed by atoms with Crippen molar-refractivity contribution in [2.75, 3.05) is 11.9 Å². The summed E-state index contributed by atoms with van der Waals surface area (Å²) < 4.78 is 5.86. The minimum Gasteiger partial charge on any atom is -0.466 e. The smallest absolute Gasteiger partial charge is 0.177 e. The highest BCUT2D eigenvalue weighted by atomic mass is 16.5. The standard InChI is InChI=1S/C11H15NO/c1-8-6-5-7-9-10(8)13-11(2,3)12(9)4/h5-7H,1-4H3. The lowest BCUT2D eigenvalue weighted by molar-refractivity contribution is 0.135. The molecule has 0 radical (unpaired) electrons. The third-order valence-electron chi connectivity index (χ3n) is 2.71. The molecule has 0 unspecified atom stereocenters. The summed E-state index contributed by atoms with van der Waals surface area (Å²) in [6, 6.07) is 6.24. The Hall–Kier alpha value is -1.18. The number of fused-ring (bicyclic) bond motifs is 1. The zero-order valence-corrected chi connectivity index (χ0v) is 8.59. The second kappa shape index (κ2) is 2.41. The number of nitrogens with zero attached hydrogens (tertiary/aromatic N) is 1. The van der Waals surface area contributed by atoms with E-state index in [0.29, 0.717) is 0 Å². The van der Waals surface area contributed by atoms with Crippen molar-refractivity contribution in [2.24, 2.45) is 0 Å². The monoisotopic (exact) mass is 177 g/mol. The van der Waals surface area contributed by atoms with Gasteiger partial charge in [0.15, 0.2) is 5.72 Å². The van der Waals surface area contributed by atoms with Gasteiger partial charge in [0.2, 0.25) is 0 Å². The van der Waals surface area contributed by atoms with Crippen molar-refractivity contribution in [1.29, 1.82) is 0 Å². The van der Waals surface area contributed by atoms with E-state index in [2.05, 4.69) is 50.9 Å². The molecule has 0 aliphatic carbocycles. The third-order valence-corrected chi connectivity index (χ3v) is 2.71. The molecule has 0 N–H and O–H groups in total. The van der Waals surface area contributed by atoms with Crippen LogP contribution in [0.25, 0.3) is 0 Å². The third kappa shape index (κ3) is 1.09. The van der Waals surface area contributed by atoms with E-state index in [1.807, 2.05) is 0 Å². The summed E-state index contributed by atoms with van der Waals surface area (Å²) in [4.78, 5) is 2.16. The lowest BCUT2D eigenvalue weighted by Crippen LogP contribution is -2.41. The Morgan fingerprint density at radius 3 is 2.62 bits per heavy atom. The SMILES string of the molecule is Cc1cccc2c1OC(C)(C)N2C. The van der Waals surface area contributed by atoms with Crippen LogP contribution in [0.15, 0.2) is 18.2 Å². The molecule has 70 valence electrons. The summed E-state index contributed by atoms with van der Waals surface area (Å²) in [7, 11) is 2.06. The second-order valence-corrected chi connectivity index (χ2v) is 4.03. The van der Waals surface area contributed by atoms with E-state index in [1.54, 1.807) is 0 Å². The molecule has 2 heteroatoms. The molecule has 2 nitrogen and oxygen atoms in total. The van der Waals surface area contributed by atoms with Crippen LogP contribution in [0.2, 0.25) is 0 Å². The molecular weight excluding hydrogens is 162 g/mol. The number of para-hydroxylation sites is 1. The highest BCUT2D eigenvalue weighted by Crippen LogP contribution is 2.42. The minimum absolute atomic E-state index is 0.214. The van der Waals surface area contributed by atoms with Gasteiger partial charge >= 0.3 is 0 Å². The normalized spacial score (nSPS) is 18.3. The van der Waals surface area contributed by atoms with E-state index in [4.69, 9.17) is 4.74 Å². The molecule has 1 aromatic rings. The van der Waals surface area contributed by atoms with Crippen LogP contribution in [0.1, 0.15) is 19.4 Å². The van der Waals surface area contributed by atoms with Gasteiger partial charge in [0.25, 0.3) is 0 Å². The lowest BCUT2D eigenvalue weighted by Gasteiger charge is -2.27. The summed E-state index contributed by atoms with van der Waals surface area (Å²) in [5, 5.41) is 0. The number of hydrogen-bond acceptors (Lipinski definition) is 2. The molecule has 13 heavy (non-hydrogen) atoms. The number of hydrogen-bond donors (Lipinski definition) is 0. The van der Waals surface area contributed by atoms with Crippen molar-refractivity contribution in [1.82, 2.24) is 0 Å². The number of aryl methyl sites for hydroxylation is 1. The van der Waals surface area contributed by atoms with Crippen molar-refractivity contribution in [3.8, 4) is 5.75 Å². The van der Waals surface area contributed by atoms with Crippen LogP contribution in [0.5, 0.6) is 5.75 Å². The van der Waals surface area contributed by atoms with Gasteiger partial charge in [-0.3, -0.25) is 0 Å². The van der Waals surface area contributed by atoms with Gasteiger partial charge in [0, 0.05) is 7.05 Å². The van der Waals surface area contributed by atoms with Crippen LogP contribution in [0.4, 0.5) is 5.69 Å². The highest BCUT2D eigenvalue weighted by Gasteiger charge is 2.35. The Morgan fingerprint density at radius 2 is 2.00 bits per heavy atom. The zero-order chi connectivity index (χ0) is 9.64. The largest absolute Gasteiger partial charge is 0.466 e. The van der Waals surface area contributed by atoms with E-state index in [-0.39, 0.29) is 5.72 Å². The van der Waals surface area contributed by atoms with Gasteiger partial charge < -0.3 is 9.64 Å². The Kier molecular flexibility index (Phi) is 1.56. The topological polar surface area (TPSA) is 12.5 Å². The number of rotatable bonds is 0. The van der Waals surface area contributed by atoms with Gasteiger partial charge in [-0.15, -0.1) is 0 Å². The van der Waals surface area contributed by atoms with E-state index in [1.165, 1.54) is 11.3 Å². The molecule has 0 spiro atoms. The quantitative estimate of drug-likeness (QED) is 0.604. The summed E-state index contributed by atoms with van der Waals surface area (Å²) in [6.07, 6.45) is 0. The van der Waals surface area contributed by atoms with E-state index < -0.39 is 0 Å². The first-order valence-corrected chi connectivity index (χ1v) is 4.55. The van der Waals surface area contributed by atoms with Crippen LogP contribution in [-0.4, -0.2) is 12.8 Å². The maximum Gasteiger partial charge on any atom is 0.177 e. The fourth-order valence-corrected chi connectivity index (χ4v) is 1.64. The van der Waals surface area contributed by atoms with Gasteiger partial charge in [-0.2, -0.15) is 0 Å². The molecule has 0 saturated heterocycles. The molecule has 0 aromatic heterocycles. The number of benzene rings is 1. The second-order valence-electron chi connectivity index (χ2n) is 4.03. The van der Waals surface area contributed by atoms with Crippen LogP contribution in [0.3, 0.4) is 0 Å². The average Bonchev–Trinajstić information content (AvgIpc) is 2.28. The van der Waals surface area contributed by atoms with Gasteiger partial charge in [0.05, 0.1) is 5.69 Å². The van der Waals surface area contributed by atoms with E-state index >= 15 is 0 Å². The summed E-state index contributed by atoms with van der Waals surface area (Å²) >= 11 is 0. The van der Waals surface area contributed by atoms with Gasteiger partial charge in [-0.05, 0) is 32.4 Å². The van der Waals surface area contributed by atoms with Crippen LogP contribution in [-0.2, 0) is 0 Å². The molecule has 1 aromatic carbocycles. The first-order chi connectivity index (χ1) is 6.02. The van der Waals surface area contributed by atoms with Crippen molar-refractivity contribution in [3.05, 3.63) is 23.8 Å². The lowest BCUT2D eigenvalue weighted by atomic mass is 10.2. The van der Waals surface area contributed by atoms with E-state index in [9.17, 15) is 0 Å². The Bertz CT molecular complexity index is 344. The van der Waals surface area contributed by atoms with E-state index in [0.717, 1.165) is 5.75 Å². The molecule has 0 bridgehead atoms. The Labute approximate surface area is 79.1 Å². The predicted octanol–water partition coefficient (Wildman–Crippen LogP) is 2.56. The summed E-state index contributed by atoms with van der Waals surface area (Å²) in [5.74, 6) is 1.02. The fraction of sp³-hybridized carbons (Fsp3) is 0.455. The Morgan fingerprint density at radius 1 is 1.31 bits per heavy atom. The first kappa shape index (κ1) is 8.42. The number of anilines is 1. The molecule has 1 aliphatic rings. The van der Waals surface area contributed by atoms with Crippen LogP contribution >= 0.6 is 0 Å². The molecule has 1 aliphatic heterocycles. The zero-order valence-electron chi connectivity index (χ0n) is 8.59. The molecule has 0 amide bonds. The maximum absolute atomic E-state index is 5.86. The molecule has 0 saturated carbocycles. The minimum atomic E-state index is -0.214. The molecule has 1 heterocycles. The van der Waals surface area contributed by atoms with Crippen LogP contribution in [0, 0.1) is 6.92 Å². The van der Waals surface area contributed by atoms with Gasteiger partial charge in [-0.25, -0.2) is 0 Å². The van der Waals surface area contributed by atoms with Crippen LogP contribution < -0.4 is 9.64 Å². The summed E-state index contributed by atoms with van der Waals surface area (Å²) in [5.41, 5.74) is 2.17. The molecule has 2 rings (SSSR count). The maximum atomic E-state index is 5.86. The molecule has 0 atom stereocenters. The van der Waals surface area contributed by atoms with Crippen molar-refractivity contribution >= 4 is 5.69 Å². The highest BCUT2D eigenvalue weighted by molar-refractivity contribution is 5.65. The predicted molar refractivity (Wildman–Crippen MR) is 54.3 cm³/mol. The van der Waals surface area contributed by atoms with Gasteiger partial charge in [0.1, 0.15) is 5.75 Å². The average molecular weight is 177 g/mol. The van der Waals surface area contributed by atoms with Crippen molar-refractivity contribution in [2.45, 2.75) is 26.5 Å². The number of ether oxygens (including phenoxy) is 1. The fourth-order valence-electron chi connectivity index (χ4n) is 1.64. The Balaban J connectivity index is 2.56. The molecule has 0 fully saturated rings. The molecular formula is C11H15NO. The van der Waals surface area contributed by atoms with Crippen molar-refractivity contribution in [3.63, 3.8) is 0 Å². The van der Waals surface area contributed by atoms with Crippen molar-refractivity contribution < 1.29 is 4.74 Å². The summed E-state index contributed by atoms with van der Waals surface area (Å²) in [6.45, 7) is 6.23. The first-order valence-electron chi connectivity index (χ1n) is 4.55. The van der Waals surface area contributed by atoms with Gasteiger partial charge in [-0.1, -0.05) is 12.1 Å².